The quantitative estimate of drug-likeness (QED) is 0.846. The molecule has 2 heterocycles. The topological polar surface area (TPSA) is 52.8 Å². The Morgan fingerprint density at radius 2 is 1.75 bits per heavy atom. The van der Waals surface area contributed by atoms with Crippen LogP contribution in [-0.2, 0) is 4.79 Å². The van der Waals surface area contributed by atoms with Crippen LogP contribution in [0.4, 0.5) is 0 Å². The Morgan fingerprint density at radius 3 is 2.29 bits per heavy atom. The van der Waals surface area contributed by atoms with E-state index in [9.17, 15) is 4.79 Å². The lowest BCUT2D eigenvalue weighted by atomic mass is 9.80. The fourth-order valence-corrected chi connectivity index (χ4v) is 4.98. The van der Waals surface area contributed by atoms with Gasteiger partial charge in [-0.15, -0.1) is 0 Å². The van der Waals surface area contributed by atoms with E-state index in [1.807, 2.05) is 0 Å². The maximum atomic E-state index is 12.9. The number of carbonyl (C=O) groups is 1. The lowest BCUT2D eigenvalue weighted by Crippen LogP contribution is -2.61. The monoisotopic (exact) mass is 336 g/mol. The second-order valence-electron chi connectivity index (χ2n) is 8.38. The van der Waals surface area contributed by atoms with E-state index in [1.165, 1.54) is 32.1 Å². The van der Waals surface area contributed by atoms with Crippen molar-refractivity contribution >= 4 is 5.91 Å². The van der Waals surface area contributed by atoms with Crippen LogP contribution in [0.25, 0.3) is 0 Å². The third-order valence-corrected chi connectivity index (χ3v) is 6.73. The molecule has 1 saturated carbocycles. The summed E-state index contributed by atoms with van der Waals surface area (Å²) in [4.78, 5) is 20.0. The molecule has 5 nitrogen and oxygen atoms in total. The summed E-state index contributed by atoms with van der Waals surface area (Å²) < 4.78 is 0. The van der Waals surface area contributed by atoms with Gasteiger partial charge in [-0.3, -0.25) is 9.69 Å². The first-order valence-corrected chi connectivity index (χ1v) is 10.0. The highest BCUT2D eigenvalue weighted by atomic mass is 16.2. The Morgan fingerprint density at radius 1 is 1.08 bits per heavy atom. The van der Waals surface area contributed by atoms with Crippen molar-refractivity contribution in [2.45, 2.75) is 64.0 Å². The van der Waals surface area contributed by atoms with Gasteiger partial charge in [0, 0.05) is 50.8 Å². The van der Waals surface area contributed by atoms with Crippen molar-refractivity contribution in [1.29, 1.82) is 0 Å². The van der Waals surface area contributed by atoms with Crippen molar-refractivity contribution in [3.8, 4) is 0 Å². The van der Waals surface area contributed by atoms with Crippen LogP contribution in [-0.4, -0.2) is 78.0 Å². The molecule has 3 fully saturated rings. The third kappa shape index (κ3) is 3.63. The zero-order chi connectivity index (χ0) is 17.2. The third-order valence-electron chi connectivity index (χ3n) is 6.73. The van der Waals surface area contributed by atoms with Gasteiger partial charge in [0.25, 0.3) is 0 Å². The molecule has 2 N–H and O–H groups in total. The van der Waals surface area contributed by atoms with E-state index < -0.39 is 0 Å². The molecule has 0 spiro atoms. The van der Waals surface area contributed by atoms with Crippen LogP contribution in [0.15, 0.2) is 0 Å². The number of piperazine rings is 1. The lowest BCUT2D eigenvalue weighted by Gasteiger charge is -2.49. The molecule has 5 heteroatoms. The van der Waals surface area contributed by atoms with Gasteiger partial charge in [0.15, 0.2) is 0 Å². The number of carbonyl (C=O) groups excluding carboxylic acids is 1. The molecular weight excluding hydrogens is 300 g/mol. The van der Waals surface area contributed by atoms with E-state index in [1.54, 1.807) is 0 Å². The van der Waals surface area contributed by atoms with E-state index in [4.69, 9.17) is 5.73 Å². The Hall–Kier alpha value is -0.650. The highest BCUT2D eigenvalue weighted by molar-refractivity contribution is 5.79. The van der Waals surface area contributed by atoms with Crippen LogP contribution in [0, 0.1) is 5.92 Å². The summed E-state index contributed by atoms with van der Waals surface area (Å²) in [5, 5.41) is 0. The molecule has 1 amide bonds. The summed E-state index contributed by atoms with van der Waals surface area (Å²) in [5.74, 6) is 0.611. The van der Waals surface area contributed by atoms with Crippen LogP contribution in [0.3, 0.4) is 0 Å². The highest BCUT2D eigenvalue weighted by Gasteiger charge is 2.40. The Labute approximate surface area is 147 Å². The second-order valence-corrected chi connectivity index (χ2v) is 8.38. The minimum Gasteiger partial charge on any atom is -0.340 e. The molecule has 0 aromatic heterocycles. The van der Waals surface area contributed by atoms with E-state index in [0.29, 0.717) is 11.9 Å². The normalized spacial score (nSPS) is 29.3. The molecule has 1 aliphatic carbocycles. The van der Waals surface area contributed by atoms with Gasteiger partial charge < -0.3 is 15.5 Å². The van der Waals surface area contributed by atoms with Crippen LogP contribution < -0.4 is 5.73 Å². The van der Waals surface area contributed by atoms with Gasteiger partial charge in [0.05, 0.1) is 5.92 Å². The van der Waals surface area contributed by atoms with Gasteiger partial charge in [-0.25, -0.2) is 0 Å². The van der Waals surface area contributed by atoms with Crippen molar-refractivity contribution in [2.75, 3.05) is 45.8 Å². The molecule has 2 saturated heterocycles. The van der Waals surface area contributed by atoms with Gasteiger partial charge in [-0.1, -0.05) is 19.3 Å². The molecule has 1 atom stereocenters. The van der Waals surface area contributed by atoms with Crippen molar-refractivity contribution in [3.63, 3.8) is 0 Å². The number of amides is 1. The average molecular weight is 337 g/mol. The van der Waals surface area contributed by atoms with Gasteiger partial charge in [-0.2, -0.15) is 0 Å². The predicted molar refractivity (Wildman–Crippen MR) is 97.8 cm³/mol. The maximum Gasteiger partial charge on any atom is 0.227 e. The van der Waals surface area contributed by atoms with E-state index in [2.05, 4.69) is 28.5 Å². The number of nitrogens with two attached hydrogens (primary N) is 1. The fraction of sp³-hybridized carbons (Fsp3) is 0.947. The number of nitrogens with zero attached hydrogens (tertiary/aromatic N) is 3. The molecular formula is C19H36N4O. The Balaban J connectivity index is 1.52. The van der Waals surface area contributed by atoms with Crippen molar-refractivity contribution < 1.29 is 4.79 Å². The van der Waals surface area contributed by atoms with Gasteiger partial charge in [0.2, 0.25) is 5.91 Å². The van der Waals surface area contributed by atoms with E-state index >= 15 is 0 Å². The van der Waals surface area contributed by atoms with Gasteiger partial charge in [0.1, 0.15) is 0 Å². The summed E-state index contributed by atoms with van der Waals surface area (Å²) in [6, 6.07) is 0.551. The lowest BCUT2D eigenvalue weighted by molar-refractivity contribution is -0.138. The molecule has 0 aromatic carbocycles. The largest absolute Gasteiger partial charge is 0.340 e. The summed E-state index contributed by atoms with van der Waals surface area (Å²) in [5.41, 5.74) is 6.40. The average Bonchev–Trinajstić information content (AvgIpc) is 3.12. The standard InChI is InChI=1S/C19H36N4O/c1-16(2)22-9-6-17(14-22)18(24)21-10-12-23(13-11-21)19(15-20)7-4-3-5-8-19/h16-17H,3-15,20H2,1-2H3. The second kappa shape index (κ2) is 7.71. The first-order valence-electron chi connectivity index (χ1n) is 10.0. The Kier molecular flexibility index (Phi) is 5.83. The van der Waals surface area contributed by atoms with Crippen LogP contribution in [0.2, 0.25) is 0 Å². The first-order chi connectivity index (χ1) is 11.6. The summed E-state index contributed by atoms with van der Waals surface area (Å²) >= 11 is 0. The molecule has 3 rings (SSSR count). The van der Waals surface area contributed by atoms with Gasteiger partial charge >= 0.3 is 0 Å². The number of hydrogen-bond acceptors (Lipinski definition) is 4. The first kappa shape index (κ1) is 18.2. The van der Waals surface area contributed by atoms with E-state index in [0.717, 1.165) is 52.2 Å². The zero-order valence-electron chi connectivity index (χ0n) is 15.7. The number of rotatable bonds is 4. The minimum absolute atomic E-state index is 0.217. The summed E-state index contributed by atoms with van der Waals surface area (Å²) in [6.07, 6.45) is 7.48. The smallest absolute Gasteiger partial charge is 0.227 e. The molecule has 2 aliphatic heterocycles. The molecule has 24 heavy (non-hydrogen) atoms. The predicted octanol–water partition coefficient (Wildman–Crippen LogP) is 1.52. The molecule has 1 unspecified atom stereocenters. The summed E-state index contributed by atoms with van der Waals surface area (Å²) in [6.45, 7) is 11.0. The molecule has 0 aromatic rings. The Bertz CT molecular complexity index is 425. The van der Waals surface area contributed by atoms with Crippen LogP contribution in [0.1, 0.15) is 52.4 Å². The zero-order valence-corrected chi connectivity index (χ0v) is 15.7. The maximum absolute atomic E-state index is 12.9. The molecule has 138 valence electrons. The number of hydrogen-bond donors (Lipinski definition) is 1. The highest BCUT2D eigenvalue weighted by Crippen LogP contribution is 2.33. The SMILES string of the molecule is CC(C)N1CCC(C(=O)N2CCN(C3(CN)CCCCC3)CC2)C1. The molecule has 0 bridgehead atoms. The summed E-state index contributed by atoms with van der Waals surface area (Å²) in [7, 11) is 0. The van der Waals surface area contributed by atoms with Crippen molar-refractivity contribution in [3.05, 3.63) is 0 Å². The van der Waals surface area contributed by atoms with Crippen LogP contribution in [0.5, 0.6) is 0 Å². The molecule has 0 radical (unpaired) electrons. The number of likely N-dealkylation sites (tertiary alicyclic amines) is 1. The molecule has 3 aliphatic rings. The van der Waals surface area contributed by atoms with E-state index in [-0.39, 0.29) is 11.5 Å². The van der Waals surface area contributed by atoms with Crippen LogP contribution >= 0.6 is 0 Å². The van der Waals surface area contributed by atoms with Crippen molar-refractivity contribution in [2.24, 2.45) is 11.7 Å². The van der Waals surface area contributed by atoms with Gasteiger partial charge in [-0.05, 0) is 39.7 Å². The minimum atomic E-state index is 0.217. The fourth-order valence-electron chi connectivity index (χ4n) is 4.98. The van der Waals surface area contributed by atoms with Crippen molar-refractivity contribution in [1.82, 2.24) is 14.7 Å².